The molecule has 0 saturated heterocycles. The van der Waals surface area contributed by atoms with Crippen molar-refractivity contribution in [2.24, 2.45) is 5.10 Å². The second-order valence-electron chi connectivity index (χ2n) is 9.87. The van der Waals surface area contributed by atoms with E-state index in [2.05, 4.69) is 21.2 Å². The number of nitrogens with zero attached hydrogens (tertiary/aromatic N) is 1. The first-order valence-corrected chi connectivity index (χ1v) is 12.7. The molecule has 9 nitrogen and oxygen atoms in total. The molecule has 0 bridgehead atoms. The van der Waals surface area contributed by atoms with Crippen molar-refractivity contribution in [1.82, 2.24) is 16.1 Å². The van der Waals surface area contributed by atoms with Gasteiger partial charge < -0.3 is 25.2 Å². The van der Waals surface area contributed by atoms with E-state index >= 15 is 0 Å². The zero-order valence-electron chi connectivity index (χ0n) is 21.5. The fourth-order valence-electron chi connectivity index (χ4n) is 3.45. The summed E-state index contributed by atoms with van der Waals surface area (Å²) < 4.78 is 11.2. The Bertz CT molecular complexity index is 1100. The molecule has 0 fully saturated rings. The lowest BCUT2D eigenvalue weighted by molar-refractivity contribution is -0.123. The summed E-state index contributed by atoms with van der Waals surface area (Å²) >= 11 is 6.30. The van der Waals surface area contributed by atoms with Gasteiger partial charge in [-0.25, -0.2) is 5.43 Å². The Hall–Kier alpha value is -3.14. The van der Waals surface area contributed by atoms with E-state index in [1.807, 2.05) is 45.0 Å². The molecule has 1 aliphatic heterocycles. The molecule has 0 aliphatic carbocycles. The van der Waals surface area contributed by atoms with Crippen LogP contribution in [0.25, 0.3) is 0 Å². The Labute approximate surface area is 222 Å². The van der Waals surface area contributed by atoms with E-state index in [4.69, 9.17) is 21.1 Å². The van der Waals surface area contributed by atoms with Crippen LogP contribution >= 0.6 is 11.6 Å². The number of hydrogen-bond acceptors (Lipinski definition) is 7. The van der Waals surface area contributed by atoms with Crippen LogP contribution in [0.2, 0.25) is 5.02 Å². The van der Waals surface area contributed by atoms with Gasteiger partial charge in [-0.05, 0) is 68.7 Å². The van der Waals surface area contributed by atoms with Crippen molar-refractivity contribution < 1.29 is 24.2 Å². The van der Waals surface area contributed by atoms with E-state index in [9.17, 15) is 14.7 Å². The smallest absolute Gasteiger partial charge is 0.257 e. The molecule has 0 spiro atoms. The topological polar surface area (TPSA) is 121 Å². The van der Waals surface area contributed by atoms with Crippen LogP contribution in [0.3, 0.4) is 0 Å². The zero-order valence-corrected chi connectivity index (χ0v) is 22.2. The Balaban J connectivity index is 1.35. The lowest BCUT2D eigenvalue weighted by Gasteiger charge is -2.23. The van der Waals surface area contributed by atoms with Gasteiger partial charge in [0.25, 0.3) is 5.91 Å². The first-order chi connectivity index (χ1) is 17.6. The van der Waals surface area contributed by atoms with Crippen LogP contribution in [0.5, 0.6) is 11.5 Å². The van der Waals surface area contributed by atoms with Crippen LogP contribution in [-0.4, -0.2) is 60.6 Å². The Morgan fingerprint density at radius 3 is 2.57 bits per heavy atom. The summed E-state index contributed by atoms with van der Waals surface area (Å²) in [5, 5.41) is 20.5. The standard InChI is InChI=1S/C27H35ClN4O5/c1-27(2,3)30-15-20(33)16-36-21-7-4-18(5-8-21)12-13-29-26(35)17-37-24-10-6-19(14-22(24)28)23-9-11-25(34)32-31-23/h4-8,10,14,20,30,33H,9,11-13,15-17H2,1-3H3,(H,29,35)(H,32,34). The van der Waals surface area contributed by atoms with Crippen LogP contribution in [0.4, 0.5) is 0 Å². The summed E-state index contributed by atoms with van der Waals surface area (Å²) in [5.74, 6) is 0.718. The highest BCUT2D eigenvalue weighted by atomic mass is 35.5. The highest BCUT2D eigenvalue weighted by molar-refractivity contribution is 6.32. The monoisotopic (exact) mass is 530 g/mol. The van der Waals surface area contributed by atoms with Gasteiger partial charge in [0.2, 0.25) is 5.91 Å². The number of amides is 2. The minimum absolute atomic E-state index is 0.0599. The summed E-state index contributed by atoms with van der Waals surface area (Å²) in [4.78, 5) is 23.4. The van der Waals surface area contributed by atoms with Crippen molar-refractivity contribution in [3.63, 3.8) is 0 Å². The first kappa shape index (κ1) is 28.4. The van der Waals surface area contributed by atoms with Crippen molar-refractivity contribution in [2.45, 2.75) is 51.7 Å². The molecular formula is C27H35ClN4O5. The predicted octanol–water partition coefficient (Wildman–Crippen LogP) is 2.82. The Morgan fingerprint density at radius 2 is 1.92 bits per heavy atom. The van der Waals surface area contributed by atoms with Crippen LogP contribution in [0.15, 0.2) is 47.6 Å². The van der Waals surface area contributed by atoms with E-state index in [1.165, 1.54) is 0 Å². The van der Waals surface area contributed by atoms with Gasteiger partial charge >= 0.3 is 0 Å². The third-order valence-corrected chi connectivity index (χ3v) is 5.79. The van der Waals surface area contributed by atoms with E-state index < -0.39 is 6.10 Å². The van der Waals surface area contributed by atoms with Gasteiger partial charge in [0.15, 0.2) is 6.61 Å². The largest absolute Gasteiger partial charge is 0.491 e. The molecule has 1 aliphatic rings. The third kappa shape index (κ3) is 10.0. The van der Waals surface area contributed by atoms with E-state index in [1.54, 1.807) is 18.2 Å². The average molecular weight is 531 g/mol. The van der Waals surface area contributed by atoms with Crippen molar-refractivity contribution in [2.75, 3.05) is 26.3 Å². The van der Waals surface area contributed by atoms with Gasteiger partial charge in [-0.3, -0.25) is 9.59 Å². The number of aliphatic hydroxyl groups is 1. The number of rotatable bonds is 12. The number of nitrogens with one attached hydrogen (secondary N) is 3. The van der Waals surface area contributed by atoms with Crippen LogP contribution in [-0.2, 0) is 16.0 Å². The fraction of sp³-hybridized carbons (Fsp3) is 0.444. The molecule has 37 heavy (non-hydrogen) atoms. The van der Waals surface area contributed by atoms with Gasteiger partial charge in [-0.15, -0.1) is 0 Å². The second-order valence-corrected chi connectivity index (χ2v) is 10.3. The van der Waals surface area contributed by atoms with Crippen molar-refractivity contribution in [3.8, 4) is 11.5 Å². The minimum Gasteiger partial charge on any atom is -0.491 e. The number of β-amino-alcohol motifs (C(OH)–C–C–N with tert-alkyl or cyclic N) is 1. The van der Waals surface area contributed by atoms with Crippen LogP contribution in [0.1, 0.15) is 44.7 Å². The lowest BCUT2D eigenvalue weighted by Crippen LogP contribution is -2.42. The highest BCUT2D eigenvalue weighted by Crippen LogP contribution is 2.26. The maximum absolute atomic E-state index is 12.2. The molecule has 200 valence electrons. The number of benzene rings is 2. The van der Waals surface area contributed by atoms with Gasteiger partial charge in [-0.2, -0.15) is 5.10 Å². The van der Waals surface area contributed by atoms with Crippen LogP contribution in [0, 0.1) is 0 Å². The molecule has 1 heterocycles. The molecule has 3 rings (SSSR count). The van der Waals surface area contributed by atoms with E-state index in [0.29, 0.717) is 48.9 Å². The maximum Gasteiger partial charge on any atom is 0.257 e. The number of aliphatic hydroxyl groups excluding tert-OH is 1. The lowest BCUT2D eigenvalue weighted by atomic mass is 10.0. The molecule has 2 aromatic rings. The summed E-state index contributed by atoms with van der Waals surface area (Å²) in [7, 11) is 0. The van der Waals surface area contributed by atoms with Gasteiger partial charge in [0, 0.05) is 31.5 Å². The molecule has 1 unspecified atom stereocenters. The molecule has 0 aromatic heterocycles. The maximum atomic E-state index is 12.2. The quantitative estimate of drug-likeness (QED) is 0.335. The van der Waals surface area contributed by atoms with Crippen molar-refractivity contribution >= 4 is 29.1 Å². The molecular weight excluding hydrogens is 496 g/mol. The number of carbonyl (C=O) groups excluding carboxylic acids is 2. The zero-order chi connectivity index (χ0) is 26.8. The molecule has 10 heteroatoms. The van der Waals surface area contributed by atoms with Crippen LogP contribution < -0.4 is 25.5 Å². The molecule has 0 saturated carbocycles. The summed E-state index contributed by atoms with van der Waals surface area (Å²) in [6.45, 7) is 7.09. The van der Waals surface area contributed by atoms with Gasteiger partial charge in [-0.1, -0.05) is 23.7 Å². The fourth-order valence-corrected chi connectivity index (χ4v) is 3.68. The van der Waals surface area contributed by atoms with Crippen molar-refractivity contribution in [3.05, 3.63) is 58.6 Å². The Morgan fingerprint density at radius 1 is 1.16 bits per heavy atom. The second kappa shape index (κ2) is 13.4. The third-order valence-electron chi connectivity index (χ3n) is 5.50. The predicted molar refractivity (Wildman–Crippen MR) is 143 cm³/mol. The minimum atomic E-state index is -0.598. The average Bonchev–Trinajstić information content (AvgIpc) is 2.86. The summed E-state index contributed by atoms with van der Waals surface area (Å²) in [6, 6.07) is 12.8. The normalized spacial score (nSPS) is 14.4. The van der Waals surface area contributed by atoms with E-state index in [0.717, 1.165) is 16.8 Å². The molecule has 0 radical (unpaired) electrons. The Kier molecular flexibility index (Phi) is 10.3. The van der Waals surface area contributed by atoms with Gasteiger partial charge in [0.05, 0.1) is 10.7 Å². The first-order valence-electron chi connectivity index (χ1n) is 12.3. The van der Waals surface area contributed by atoms with E-state index in [-0.39, 0.29) is 30.6 Å². The summed E-state index contributed by atoms with van der Waals surface area (Å²) in [5.41, 5.74) is 4.99. The SMILES string of the molecule is CC(C)(C)NCC(O)COc1ccc(CCNC(=O)COc2ccc(C3=NNC(=O)CC3)cc2Cl)cc1. The number of ether oxygens (including phenoxy) is 2. The highest BCUT2D eigenvalue weighted by Gasteiger charge is 2.15. The molecule has 2 amide bonds. The number of hydrazone groups is 1. The molecule has 2 aromatic carbocycles. The number of halogens is 1. The number of hydrogen-bond donors (Lipinski definition) is 4. The van der Waals surface area contributed by atoms with Gasteiger partial charge in [0.1, 0.15) is 24.2 Å². The molecule has 4 N–H and O–H groups in total. The molecule has 1 atom stereocenters. The summed E-state index contributed by atoms with van der Waals surface area (Å²) in [6.07, 6.45) is 0.976. The van der Waals surface area contributed by atoms with Crippen molar-refractivity contribution in [1.29, 1.82) is 0 Å². The number of carbonyl (C=O) groups is 2.